The summed E-state index contributed by atoms with van der Waals surface area (Å²) in [6.07, 6.45) is 2.94. The molecular weight excluding hydrogens is 162 g/mol. The van der Waals surface area contributed by atoms with Crippen molar-refractivity contribution in [2.24, 2.45) is 0 Å². The first-order valence-corrected chi connectivity index (χ1v) is 4.53. The van der Waals surface area contributed by atoms with E-state index < -0.39 is 0 Å². The molecule has 1 heterocycles. The normalized spacial score (nSPS) is 10.8. The molecule has 2 aromatic rings. The molecule has 0 bridgehead atoms. The van der Waals surface area contributed by atoms with E-state index in [1.807, 2.05) is 29.1 Å². The third kappa shape index (κ3) is 1.26. The van der Waals surface area contributed by atoms with Crippen LogP contribution in [-0.4, -0.2) is 9.78 Å². The first-order chi connectivity index (χ1) is 6.33. The minimum atomic E-state index is 0.809. The zero-order chi connectivity index (χ0) is 9.26. The van der Waals surface area contributed by atoms with Crippen molar-refractivity contribution in [3.63, 3.8) is 0 Å². The largest absolute Gasteiger partial charge is 0.397 e. The Morgan fingerprint density at radius 3 is 3.08 bits per heavy atom. The number of anilines is 1. The van der Waals surface area contributed by atoms with Gasteiger partial charge in [-0.15, -0.1) is 0 Å². The summed E-state index contributed by atoms with van der Waals surface area (Å²) < 4.78 is 1.96. The van der Waals surface area contributed by atoms with Crippen molar-refractivity contribution in [3.8, 4) is 0 Å². The Morgan fingerprint density at radius 1 is 1.46 bits per heavy atom. The van der Waals surface area contributed by atoms with E-state index >= 15 is 0 Å². The van der Waals surface area contributed by atoms with Gasteiger partial charge in [0.25, 0.3) is 0 Å². The van der Waals surface area contributed by atoms with Crippen LogP contribution in [-0.2, 0) is 6.54 Å². The fraction of sp³-hybridized carbons (Fsp3) is 0.300. The Bertz CT molecular complexity index is 417. The van der Waals surface area contributed by atoms with E-state index in [4.69, 9.17) is 5.73 Å². The molecule has 0 amide bonds. The minimum Gasteiger partial charge on any atom is -0.397 e. The van der Waals surface area contributed by atoms with Crippen LogP contribution in [0.4, 0.5) is 5.69 Å². The standard InChI is InChI=1S/C10H13N3/c1-2-6-13-10-8(7-12-13)4-3-5-9(10)11/h3-5,7H,2,6,11H2,1H3. The van der Waals surface area contributed by atoms with Gasteiger partial charge in [-0.1, -0.05) is 19.1 Å². The Kier molecular flexibility index (Phi) is 1.93. The van der Waals surface area contributed by atoms with E-state index in [9.17, 15) is 0 Å². The molecule has 0 aliphatic rings. The van der Waals surface area contributed by atoms with Crippen LogP contribution >= 0.6 is 0 Å². The molecule has 2 rings (SSSR count). The summed E-state index contributed by atoms with van der Waals surface area (Å²) in [6.45, 7) is 3.06. The Labute approximate surface area is 77.2 Å². The molecular formula is C10H13N3. The first-order valence-electron chi connectivity index (χ1n) is 4.53. The molecule has 3 nitrogen and oxygen atoms in total. The molecule has 0 atom stereocenters. The number of nitrogens with zero attached hydrogens (tertiary/aromatic N) is 2. The van der Waals surface area contributed by atoms with Crippen LogP contribution in [0.25, 0.3) is 10.9 Å². The van der Waals surface area contributed by atoms with Crippen molar-refractivity contribution in [3.05, 3.63) is 24.4 Å². The number of hydrogen-bond donors (Lipinski definition) is 1. The molecule has 0 spiro atoms. The Morgan fingerprint density at radius 2 is 2.31 bits per heavy atom. The number of aromatic nitrogens is 2. The average molecular weight is 175 g/mol. The number of para-hydroxylation sites is 1. The molecule has 0 fully saturated rings. The number of rotatable bonds is 2. The Hall–Kier alpha value is -1.51. The number of hydrogen-bond acceptors (Lipinski definition) is 2. The van der Waals surface area contributed by atoms with Gasteiger partial charge in [0.05, 0.1) is 17.4 Å². The molecule has 2 N–H and O–H groups in total. The predicted octanol–water partition coefficient (Wildman–Crippen LogP) is 2.03. The van der Waals surface area contributed by atoms with Gasteiger partial charge >= 0.3 is 0 Å². The van der Waals surface area contributed by atoms with Gasteiger partial charge in [-0.2, -0.15) is 5.10 Å². The van der Waals surface area contributed by atoms with E-state index in [1.54, 1.807) is 0 Å². The zero-order valence-electron chi connectivity index (χ0n) is 7.70. The number of nitrogen functional groups attached to an aromatic ring is 1. The molecule has 0 aliphatic carbocycles. The van der Waals surface area contributed by atoms with E-state index in [0.29, 0.717) is 0 Å². The van der Waals surface area contributed by atoms with Crippen LogP contribution in [0.5, 0.6) is 0 Å². The summed E-state index contributed by atoms with van der Waals surface area (Å²) in [5.41, 5.74) is 7.74. The molecule has 68 valence electrons. The SMILES string of the molecule is CCCn1ncc2cccc(N)c21. The molecule has 3 heteroatoms. The summed E-state index contributed by atoms with van der Waals surface area (Å²) in [6, 6.07) is 5.90. The van der Waals surface area contributed by atoms with Gasteiger partial charge in [0.1, 0.15) is 0 Å². The maximum absolute atomic E-state index is 5.87. The van der Waals surface area contributed by atoms with Gasteiger partial charge in [0.15, 0.2) is 0 Å². The zero-order valence-corrected chi connectivity index (χ0v) is 7.70. The molecule has 1 aromatic carbocycles. The summed E-state index contributed by atoms with van der Waals surface area (Å²) in [7, 11) is 0. The van der Waals surface area contributed by atoms with E-state index in [0.717, 1.165) is 29.6 Å². The van der Waals surface area contributed by atoms with E-state index in [1.165, 1.54) is 0 Å². The summed E-state index contributed by atoms with van der Waals surface area (Å²) >= 11 is 0. The molecule has 0 aliphatic heterocycles. The lowest BCUT2D eigenvalue weighted by atomic mass is 10.2. The molecule has 0 radical (unpaired) electrons. The van der Waals surface area contributed by atoms with Crippen molar-refractivity contribution in [2.45, 2.75) is 19.9 Å². The van der Waals surface area contributed by atoms with Crippen LogP contribution in [0.15, 0.2) is 24.4 Å². The van der Waals surface area contributed by atoms with Crippen molar-refractivity contribution in [2.75, 3.05) is 5.73 Å². The predicted molar refractivity (Wildman–Crippen MR) is 54.4 cm³/mol. The maximum atomic E-state index is 5.87. The van der Waals surface area contributed by atoms with Crippen LogP contribution in [0.1, 0.15) is 13.3 Å². The van der Waals surface area contributed by atoms with Crippen molar-refractivity contribution < 1.29 is 0 Å². The monoisotopic (exact) mass is 175 g/mol. The van der Waals surface area contributed by atoms with Crippen LogP contribution < -0.4 is 5.73 Å². The van der Waals surface area contributed by atoms with Crippen LogP contribution in [0.3, 0.4) is 0 Å². The number of benzene rings is 1. The highest BCUT2D eigenvalue weighted by atomic mass is 15.3. The second-order valence-electron chi connectivity index (χ2n) is 3.15. The van der Waals surface area contributed by atoms with Crippen molar-refractivity contribution in [1.82, 2.24) is 9.78 Å². The van der Waals surface area contributed by atoms with Gasteiger partial charge in [0.2, 0.25) is 0 Å². The Balaban J connectivity index is 2.64. The topological polar surface area (TPSA) is 43.8 Å². The summed E-state index contributed by atoms with van der Waals surface area (Å²) in [5, 5.41) is 5.40. The summed E-state index contributed by atoms with van der Waals surface area (Å²) in [5.74, 6) is 0. The molecule has 13 heavy (non-hydrogen) atoms. The number of fused-ring (bicyclic) bond motifs is 1. The lowest BCUT2D eigenvalue weighted by Gasteiger charge is -2.02. The number of aryl methyl sites for hydroxylation is 1. The first kappa shape index (κ1) is 8.10. The third-order valence-corrected chi connectivity index (χ3v) is 2.13. The number of nitrogens with two attached hydrogens (primary N) is 1. The highest BCUT2D eigenvalue weighted by Crippen LogP contribution is 2.20. The smallest absolute Gasteiger partial charge is 0.0911 e. The van der Waals surface area contributed by atoms with Crippen LogP contribution in [0, 0.1) is 0 Å². The quantitative estimate of drug-likeness (QED) is 0.710. The van der Waals surface area contributed by atoms with Gasteiger partial charge < -0.3 is 5.73 Å². The fourth-order valence-corrected chi connectivity index (χ4v) is 1.55. The summed E-state index contributed by atoms with van der Waals surface area (Å²) in [4.78, 5) is 0. The van der Waals surface area contributed by atoms with Crippen LogP contribution in [0.2, 0.25) is 0 Å². The second kappa shape index (κ2) is 3.09. The lowest BCUT2D eigenvalue weighted by molar-refractivity contribution is 0.623. The lowest BCUT2D eigenvalue weighted by Crippen LogP contribution is -2.00. The van der Waals surface area contributed by atoms with Crippen molar-refractivity contribution >= 4 is 16.6 Å². The van der Waals surface area contributed by atoms with Gasteiger partial charge in [-0.05, 0) is 12.5 Å². The molecule has 0 saturated carbocycles. The molecule has 0 unspecified atom stereocenters. The minimum absolute atomic E-state index is 0.809. The molecule has 1 aromatic heterocycles. The van der Waals surface area contributed by atoms with Gasteiger partial charge in [0, 0.05) is 11.9 Å². The second-order valence-corrected chi connectivity index (χ2v) is 3.15. The van der Waals surface area contributed by atoms with E-state index in [2.05, 4.69) is 12.0 Å². The van der Waals surface area contributed by atoms with Gasteiger partial charge in [-0.25, -0.2) is 0 Å². The molecule has 0 saturated heterocycles. The highest BCUT2D eigenvalue weighted by Gasteiger charge is 2.03. The maximum Gasteiger partial charge on any atom is 0.0911 e. The fourth-order valence-electron chi connectivity index (χ4n) is 1.55. The average Bonchev–Trinajstić information content (AvgIpc) is 2.51. The van der Waals surface area contributed by atoms with E-state index in [-0.39, 0.29) is 0 Å². The van der Waals surface area contributed by atoms with Crippen molar-refractivity contribution in [1.29, 1.82) is 0 Å². The van der Waals surface area contributed by atoms with Gasteiger partial charge in [-0.3, -0.25) is 4.68 Å². The third-order valence-electron chi connectivity index (χ3n) is 2.13. The highest BCUT2D eigenvalue weighted by molar-refractivity contribution is 5.89.